The minimum Gasteiger partial charge on any atom is -0.373 e. The molecule has 1 saturated heterocycles. The molecule has 34 heavy (non-hydrogen) atoms. The monoisotopic (exact) mass is 464 g/mol. The molecule has 0 bridgehead atoms. The van der Waals surface area contributed by atoms with Crippen LogP contribution in [0, 0.1) is 25.5 Å². The quantitative estimate of drug-likeness (QED) is 0.403. The van der Waals surface area contributed by atoms with Gasteiger partial charge in [0.15, 0.2) is 5.65 Å². The smallest absolute Gasteiger partial charge is 0.182 e. The van der Waals surface area contributed by atoms with E-state index in [0.717, 1.165) is 23.7 Å². The number of ether oxygens (including phenoxy) is 1. The van der Waals surface area contributed by atoms with Gasteiger partial charge < -0.3 is 4.74 Å². The summed E-state index contributed by atoms with van der Waals surface area (Å²) in [5, 5.41) is 4.43. The lowest BCUT2D eigenvalue weighted by molar-refractivity contribution is 0.00395. The molecule has 1 aliphatic heterocycles. The molecule has 1 aliphatic rings. The first-order valence-corrected chi connectivity index (χ1v) is 11.4. The third-order valence-corrected chi connectivity index (χ3v) is 6.32. The molecule has 2 atom stereocenters. The molecule has 4 aromatic rings. The molecule has 0 N–H and O–H groups in total. The lowest BCUT2D eigenvalue weighted by Gasteiger charge is -2.28. The van der Waals surface area contributed by atoms with Gasteiger partial charge in [-0.1, -0.05) is 0 Å². The van der Waals surface area contributed by atoms with Gasteiger partial charge >= 0.3 is 0 Å². The molecule has 176 valence electrons. The number of hydrogen-bond acceptors (Lipinski definition) is 6. The van der Waals surface area contributed by atoms with E-state index in [1.54, 1.807) is 0 Å². The summed E-state index contributed by atoms with van der Waals surface area (Å²) in [6, 6.07) is 3.72. The zero-order valence-electron chi connectivity index (χ0n) is 19.6. The molecule has 9 heteroatoms. The van der Waals surface area contributed by atoms with E-state index in [1.807, 2.05) is 30.9 Å². The van der Waals surface area contributed by atoms with Crippen LogP contribution in [0.1, 0.15) is 67.5 Å². The highest BCUT2D eigenvalue weighted by Crippen LogP contribution is 2.38. The molecule has 3 aromatic heterocycles. The van der Waals surface area contributed by atoms with Crippen LogP contribution in [0.3, 0.4) is 0 Å². The van der Waals surface area contributed by atoms with E-state index in [9.17, 15) is 8.78 Å². The van der Waals surface area contributed by atoms with Crippen molar-refractivity contribution in [1.82, 2.24) is 29.7 Å². The number of hydrogen-bond donors (Lipinski definition) is 0. The normalized spacial score (nSPS) is 18.7. The maximum Gasteiger partial charge on any atom is 0.182 e. The second-order valence-corrected chi connectivity index (χ2v) is 9.05. The maximum atomic E-state index is 14.8. The van der Waals surface area contributed by atoms with Gasteiger partial charge in [0.2, 0.25) is 0 Å². The Bertz CT molecular complexity index is 1370. The molecule has 0 radical (unpaired) electrons. The Morgan fingerprint density at radius 2 is 1.85 bits per heavy atom. The number of benzene rings is 1. The average molecular weight is 465 g/mol. The van der Waals surface area contributed by atoms with Crippen LogP contribution in [0.2, 0.25) is 0 Å². The zero-order chi connectivity index (χ0) is 24.0. The topological polar surface area (TPSA) is 78.6 Å². The average Bonchev–Trinajstić information content (AvgIpc) is 3.31. The first-order chi connectivity index (χ1) is 16.3. The van der Waals surface area contributed by atoms with Crippen LogP contribution in [0.25, 0.3) is 22.4 Å². The van der Waals surface area contributed by atoms with E-state index in [0.29, 0.717) is 41.4 Å². The van der Waals surface area contributed by atoms with Crippen LogP contribution in [0.5, 0.6) is 0 Å². The van der Waals surface area contributed by atoms with Gasteiger partial charge in [-0.15, -0.1) is 0 Å². The Balaban J connectivity index is 1.58. The van der Waals surface area contributed by atoms with Gasteiger partial charge in [0.1, 0.15) is 28.7 Å². The van der Waals surface area contributed by atoms with Crippen LogP contribution >= 0.6 is 0 Å². The predicted octanol–water partition coefficient (Wildman–Crippen LogP) is 5.39. The van der Waals surface area contributed by atoms with Crippen molar-refractivity contribution in [3.8, 4) is 11.3 Å². The third kappa shape index (κ3) is 4.16. The van der Waals surface area contributed by atoms with Gasteiger partial charge in [-0.2, -0.15) is 5.10 Å². The SMILES string of the molecule is Cc1nc2nc([C@@H]3CCO[C@H](c4cnn(C(C)C)c4)C3)nc(-c3ccc(F)cc3F)c2nc1C. The minimum atomic E-state index is -0.697. The second kappa shape index (κ2) is 8.79. The number of aryl methyl sites for hydroxylation is 2. The predicted molar refractivity (Wildman–Crippen MR) is 123 cm³/mol. The van der Waals surface area contributed by atoms with Crippen LogP contribution in [0.4, 0.5) is 8.78 Å². The summed E-state index contributed by atoms with van der Waals surface area (Å²) in [5.41, 5.74) is 3.77. The Kier molecular flexibility index (Phi) is 5.81. The van der Waals surface area contributed by atoms with Crippen molar-refractivity contribution < 1.29 is 13.5 Å². The molecule has 0 amide bonds. The van der Waals surface area contributed by atoms with Gasteiger partial charge in [0.05, 0.1) is 23.7 Å². The summed E-state index contributed by atoms with van der Waals surface area (Å²) in [4.78, 5) is 18.7. The second-order valence-electron chi connectivity index (χ2n) is 9.05. The summed E-state index contributed by atoms with van der Waals surface area (Å²) in [6.07, 6.45) is 5.10. The van der Waals surface area contributed by atoms with E-state index in [2.05, 4.69) is 28.9 Å². The highest BCUT2D eigenvalue weighted by Gasteiger charge is 2.29. The van der Waals surface area contributed by atoms with Crippen molar-refractivity contribution >= 4 is 11.2 Å². The van der Waals surface area contributed by atoms with Crippen LogP contribution < -0.4 is 0 Å². The fourth-order valence-corrected chi connectivity index (χ4v) is 4.25. The summed E-state index contributed by atoms with van der Waals surface area (Å²) < 4.78 is 36.3. The highest BCUT2D eigenvalue weighted by molar-refractivity contribution is 5.87. The van der Waals surface area contributed by atoms with Crippen molar-refractivity contribution in [2.45, 2.75) is 58.6 Å². The van der Waals surface area contributed by atoms with Crippen molar-refractivity contribution in [1.29, 1.82) is 0 Å². The summed E-state index contributed by atoms with van der Waals surface area (Å²) in [6.45, 7) is 8.39. The van der Waals surface area contributed by atoms with E-state index in [-0.39, 0.29) is 23.6 Å². The van der Waals surface area contributed by atoms with E-state index >= 15 is 0 Å². The number of aromatic nitrogens is 6. The Morgan fingerprint density at radius 1 is 1.06 bits per heavy atom. The summed E-state index contributed by atoms with van der Waals surface area (Å²) in [7, 11) is 0. The van der Waals surface area contributed by atoms with Gasteiger partial charge in [0.25, 0.3) is 0 Å². The fourth-order valence-electron chi connectivity index (χ4n) is 4.25. The third-order valence-electron chi connectivity index (χ3n) is 6.32. The highest BCUT2D eigenvalue weighted by atomic mass is 19.1. The van der Waals surface area contributed by atoms with Crippen molar-refractivity contribution in [3.63, 3.8) is 0 Å². The van der Waals surface area contributed by atoms with Gasteiger partial charge in [0, 0.05) is 42.0 Å². The van der Waals surface area contributed by atoms with Gasteiger partial charge in [-0.25, -0.2) is 28.7 Å². The van der Waals surface area contributed by atoms with Crippen LogP contribution in [-0.4, -0.2) is 36.3 Å². The Morgan fingerprint density at radius 3 is 2.59 bits per heavy atom. The first kappa shape index (κ1) is 22.5. The molecule has 0 aliphatic carbocycles. The molecule has 1 aromatic carbocycles. The van der Waals surface area contributed by atoms with Gasteiger partial charge in [-0.05, 0) is 52.7 Å². The number of rotatable bonds is 4. The van der Waals surface area contributed by atoms with Crippen LogP contribution in [0.15, 0.2) is 30.6 Å². The van der Waals surface area contributed by atoms with Crippen LogP contribution in [-0.2, 0) is 4.74 Å². The van der Waals surface area contributed by atoms with E-state index in [4.69, 9.17) is 14.7 Å². The maximum absolute atomic E-state index is 14.8. The molecule has 0 saturated carbocycles. The molecule has 7 nitrogen and oxygen atoms in total. The van der Waals surface area contributed by atoms with Crippen molar-refractivity contribution in [3.05, 3.63) is 65.0 Å². The number of fused-ring (bicyclic) bond motifs is 1. The largest absolute Gasteiger partial charge is 0.373 e. The van der Waals surface area contributed by atoms with Gasteiger partial charge in [-0.3, -0.25) is 4.68 Å². The standard InChI is InChI=1S/C25H26F2N6O/c1-13(2)33-12-17(11-28-33)21-9-16(7-8-34-21)24-31-22(19-6-5-18(26)10-20(19)27)23-25(32-24)30-15(4)14(3)29-23/h5-6,10-13,16,21H,7-9H2,1-4H3/t16-,21+/m1/s1. The molecular formula is C25H26F2N6O. The molecule has 0 unspecified atom stereocenters. The number of nitrogens with zero attached hydrogens (tertiary/aromatic N) is 6. The molecule has 0 spiro atoms. The summed E-state index contributed by atoms with van der Waals surface area (Å²) in [5.74, 6) is -0.798. The molecule has 1 fully saturated rings. The molecule has 5 rings (SSSR count). The van der Waals surface area contributed by atoms with Crippen molar-refractivity contribution in [2.24, 2.45) is 0 Å². The minimum absolute atomic E-state index is 0.0174. The number of halogens is 2. The fraction of sp³-hybridized carbons (Fsp3) is 0.400. The van der Waals surface area contributed by atoms with E-state index < -0.39 is 11.6 Å². The lowest BCUT2D eigenvalue weighted by Crippen LogP contribution is -2.20. The Labute approximate surface area is 196 Å². The summed E-state index contributed by atoms with van der Waals surface area (Å²) >= 11 is 0. The molecule has 4 heterocycles. The van der Waals surface area contributed by atoms with E-state index in [1.165, 1.54) is 12.1 Å². The molecular weight excluding hydrogens is 438 g/mol. The van der Waals surface area contributed by atoms with Crippen molar-refractivity contribution in [2.75, 3.05) is 6.61 Å². The lowest BCUT2D eigenvalue weighted by atomic mass is 9.92. The zero-order valence-corrected chi connectivity index (χ0v) is 19.6. The Hall–Kier alpha value is -3.33. The first-order valence-electron chi connectivity index (χ1n) is 11.4.